The molecule has 1 aliphatic heterocycles. The molecule has 2 aliphatic rings. The minimum atomic E-state index is -0.502. The summed E-state index contributed by atoms with van der Waals surface area (Å²) in [5.41, 5.74) is 6.22. The van der Waals surface area contributed by atoms with Gasteiger partial charge in [-0.2, -0.15) is 0 Å². The van der Waals surface area contributed by atoms with E-state index in [1.54, 1.807) is 24.3 Å². The SMILES string of the molecule is NC(=O)c1cccc(NC(=O)NC[C@@H]2CCN(C3CCCCC3)C2)c1. The Labute approximate surface area is 149 Å². The van der Waals surface area contributed by atoms with Gasteiger partial charge < -0.3 is 21.3 Å². The summed E-state index contributed by atoms with van der Waals surface area (Å²) in [5.74, 6) is 0.0162. The van der Waals surface area contributed by atoms with Crippen LogP contribution in [0.4, 0.5) is 10.5 Å². The van der Waals surface area contributed by atoms with Crippen molar-refractivity contribution in [3.63, 3.8) is 0 Å². The molecule has 4 N–H and O–H groups in total. The fraction of sp³-hybridized carbons (Fsp3) is 0.579. The predicted octanol–water partition coefficient (Wildman–Crippen LogP) is 2.56. The van der Waals surface area contributed by atoms with Crippen LogP contribution in [-0.4, -0.2) is 42.5 Å². The zero-order valence-corrected chi connectivity index (χ0v) is 14.7. The number of carbonyl (C=O) groups is 2. The Bertz CT molecular complexity index is 613. The Balaban J connectivity index is 1.42. The van der Waals surface area contributed by atoms with Crippen LogP contribution in [0.1, 0.15) is 48.9 Å². The van der Waals surface area contributed by atoms with Gasteiger partial charge in [-0.3, -0.25) is 4.79 Å². The maximum Gasteiger partial charge on any atom is 0.319 e. The Kier molecular flexibility index (Phi) is 5.91. The number of nitrogens with zero attached hydrogens (tertiary/aromatic N) is 1. The first-order valence-electron chi connectivity index (χ1n) is 9.30. The number of primary amides is 1. The van der Waals surface area contributed by atoms with E-state index in [0.29, 0.717) is 23.7 Å². The summed E-state index contributed by atoms with van der Waals surface area (Å²) in [6.45, 7) is 2.92. The molecule has 25 heavy (non-hydrogen) atoms. The number of rotatable bonds is 5. The van der Waals surface area contributed by atoms with Crippen LogP contribution in [0.3, 0.4) is 0 Å². The van der Waals surface area contributed by atoms with E-state index in [2.05, 4.69) is 15.5 Å². The van der Waals surface area contributed by atoms with Crippen molar-refractivity contribution in [3.05, 3.63) is 29.8 Å². The number of carbonyl (C=O) groups excluding carboxylic acids is 2. The van der Waals surface area contributed by atoms with Crippen LogP contribution in [0.15, 0.2) is 24.3 Å². The van der Waals surface area contributed by atoms with E-state index in [4.69, 9.17) is 5.73 Å². The van der Waals surface area contributed by atoms with Gasteiger partial charge in [0.2, 0.25) is 5.91 Å². The summed E-state index contributed by atoms with van der Waals surface area (Å²) in [7, 11) is 0. The van der Waals surface area contributed by atoms with Crippen molar-refractivity contribution in [2.45, 2.75) is 44.6 Å². The van der Waals surface area contributed by atoms with Crippen LogP contribution in [0.2, 0.25) is 0 Å². The van der Waals surface area contributed by atoms with Gasteiger partial charge in [-0.25, -0.2) is 4.79 Å². The summed E-state index contributed by atoms with van der Waals surface area (Å²) in [6, 6.07) is 7.18. The van der Waals surface area contributed by atoms with Gasteiger partial charge in [0.1, 0.15) is 0 Å². The molecule has 6 heteroatoms. The maximum absolute atomic E-state index is 12.1. The number of anilines is 1. The first-order valence-corrected chi connectivity index (χ1v) is 9.30. The van der Waals surface area contributed by atoms with E-state index in [0.717, 1.165) is 25.6 Å². The molecule has 1 saturated carbocycles. The van der Waals surface area contributed by atoms with Gasteiger partial charge in [-0.1, -0.05) is 25.3 Å². The van der Waals surface area contributed by atoms with Crippen molar-refractivity contribution in [1.29, 1.82) is 0 Å². The Morgan fingerprint density at radius 2 is 1.96 bits per heavy atom. The fourth-order valence-corrected chi connectivity index (χ4v) is 3.97. The second kappa shape index (κ2) is 8.34. The molecule has 136 valence electrons. The van der Waals surface area contributed by atoms with E-state index in [-0.39, 0.29) is 6.03 Å². The summed E-state index contributed by atoms with van der Waals surface area (Å²) >= 11 is 0. The maximum atomic E-state index is 12.1. The monoisotopic (exact) mass is 344 g/mol. The molecule has 6 nitrogen and oxygen atoms in total. The zero-order valence-electron chi connectivity index (χ0n) is 14.7. The number of hydrogen-bond donors (Lipinski definition) is 3. The van der Waals surface area contributed by atoms with Crippen LogP contribution < -0.4 is 16.4 Å². The van der Waals surface area contributed by atoms with Crippen molar-refractivity contribution in [3.8, 4) is 0 Å². The molecule has 1 heterocycles. The lowest BCUT2D eigenvalue weighted by Crippen LogP contribution is -2.37. The van der Waals surface area contributed by atoms with Crippen molar-refractivity contribution in [2.75, 3.05) is 25.0 Å². The summed E-state index contributed by atoms with van der Waals surface area (Å²) in [6.07, 6.45) is 7.90. The molecule has 1 aromatic rings. The molecule has 0 aromatic heterocycles. The number of amides is 3. The van der Waals surface area contributed by atoms with Gasteiger partial charge in [0, 0.05) is 30.4 Å². The molecule has 1 atom stereocenters. The molecule has 0 bridgehead atoms. The van der Waals surface area contributed by atoms with Crippen LogP contribution in [0, 0.1) is 5.92 Å². The summed E-state index contributed by atoms with van der Waals surface area (Å²) in [4.78, 5) is 25.9. The van der Waals surface area contributed by atoms with E-state index in [1.165, 1.54) is 32.1 Å². The van der Waals surface area contributed by atoms with Crippen LogP contribution in [0.25, 0.3) is 0 Å². The van der Waals surface area contributed by atoms with Crippen molar-refractivity contribution >= 4 is 17.6 Å². The third kappa shape index (κ3) is 4.95. The fourth-order valence-electron chi connectivity index (χ4n) is 3.97. The third-order valence-electron chi connectivity index (χ3n) is 5.36. The molecule has 3 rings (SSSR count). The lowest BCUT2D eigenvalue weighted by atomic mass is 9.94. The second-order valence-electron chi connectivity index (χ2n) is 7.22. The number of benzene rings is 1. The van der Waals surface area contributed by atoms with Gasteiger partial charge >= 0.3 is 6.03 Å². The largest absolute Gasteiger partial charge is 0.366 e. The average molecular weight is 344 g/mol. The quantitative estimate of drug-likeness (QED) is 0.767. The predicted molar refractivity (Wildman–Crippen MR) is 98.5 cm³/mol. The standard InChI is InChI=1S/C19H28N4O2/c20-18(24)15-5-4-6-16(11-15)22-19(25)21-12-14-9-10-23(13-14)17-7-2-1-3-8-17/h4-6,11,14,17H,1-3,7-10,12-13H2,(H2,20,24)(H2,21,22,25)/t14-/m0/s1. The van der Waals surface area contributed by atoms with E-state index < -0.39 is 5.91 Å². The molecule has 0 unspecified atom stereocenters. The van der Waals surface area contributed by atoms with Crippen molar-refractivity contribution in [1.82, 2.24) is 10.2 Å². The number of nitrogens with one attached hydrogen (secondary N) is 2. The number of hydrogen-bond acceptors (Lipinski definition) is 3. The average Bonchev–Trinajstić information content (AvgIpc) is 3.10. The smallest absolute Gasteiger partial charge is 0.319 e. The number of nitrogens with two attached hydrogens (primary N) is 1. The molecule has 1 saturated heterocycles. The molecule has 2 fully saturated rings. The molecule has 1 aromatic carbocycles. The normalized spacial score (nSPS) is 21.8. The van der Waals surface area contributed by atoms with Crippen LogP contribution in [0.5, 0.6) is 0 Å². The highest BCUT2D eigenvalue weighted by Crippen LogP contribution is 2.27. The highest BCUT2D eigenvalue weighted by Gasteiger charge is 2.29. The topological polar surface area (TPSA) is 87.5 Å². The van der Waals surface area contributed by atoms with Crippen LogP contribution in [-0.2, 0) is 0 Å². The van der Waals surface area contributed by atoms with Gasteiger partial charge in [0.25, 0.3) is 0 Å². The van der Waals surface area contributed by atoms with Crippen molar-refractivity contribution < 1.29 is 9.59 Å². The molecular weight excluding hydrogens is 316 g/mol. The third-order valence-corrected chi connectivity index (χ3v) is 5.36. The molecule has 1 aliphatic carbocycles. The first-order chi connectivity index (χ1) is 12.1. The second-order valence-corrected chi connectivity index (χ2v) is 7.22. The van der Waals surface area contributed by atoms with Gasteiger partial charge in [0.15, 0.2) is 0 Å². The Hall–Kier alpha value is -2.08. The van der Waals surface area contributed by atoms with E-state index in [9.17, 15) is 9.59 Å². The number of likely N-dealkylation sites (tertiary alicyclic amines) is 1. The molecule has 0 spiro atoms. The van der Waals surface area contributed by atoms with E-state index in [1.807, 2.05) is 0 Å². The minimum absolute atomic E-state index is 0.238. The zero-order chi connectivity index (χ0) is 17.6. The van der Waals surface area contributed by atoms with Gasteiger partial charge in [-0.15, -0.1) is 0 Å². The molecular formula is C19H28N4O2. The lowest BCUT2D eigenvalue weighted by Gasteiger charge is -2.31. The Morgan fingerprint density at radius 3 is 2.72 bits per heavy atom. The molecule has 3 amide bonds. The Morgan fingerprint density at radius 1 is 1.16 bits per heavy atom. The highest BCUT2D eigenvalue weighted by atomic mass is 16.2. The first kappa shape index (κ1) is 17.7. The summed E-state index contributed by atoms with van der Waals surface area (Å²) < 4.78 is 0. The lowest BCUT2D eigenvalue weighted by molar-refractivity contribution is 0.1000. The minimum Gasteiger partial charge on any atom is -0.366 e. The van der Waals surface area contributed by atoms with E-state index >= 15 is 0 Å². The van der Waals surface area contributed by atoms with Crippen molar-refractivity contribution in [2.24, 2.45) is 11.7 Å². The number of urea groups is 1. The van der Waals surface area contributed by atoms with Crippen LogP contribution >= 0.6 is 0 Å². The summed E-state index contributed by atoms with van der Waals surface area (Å²) in [5, 5.41) is 5.72. The van der Waals surface area contributed by atoms with Gasteiger partial charge in [-0.05, 0) is 49.9 Å². The van der Waals surface area contributed by atoms with Gasteiger partial charge in [0.05, 0.1) is 0 Å². The molecule has 0 radical (unpaired) electrons. The highest BCUT2D eigenvalue weighted by molar-refractivity contribution is 5.95.